The molecule has 0 N–H and O–H groups in total. The van der Waals surface area contributed by atoms with Crippen molar-refractivity contribution in [3.63, 3.8) is 0 Å². The third kappa shape index (κ3) is 7.11. The van der Waals surface area contributed by atoms with Crippen LogP contribution in [0.3, 0.4) is 0 Å². The van der Waals surface area contributed by atoms with Gasteiger partial charge in [-0.05, 0) is 6.42 Å². The Bertz CT molecular complexity index is 157. The molecular formula is C5H6BF3O3. The zero-order valence-electron chi connectivity index (χ0n) is 6.06. The molecule has 0 saturated carbocycles. The van der Waals surface area contributed by atoms with E-state index in [1.165, 1.54) is 0 Å². The molecule has 0 aliphatic carbocycles. The highest BCUT2D eigenvalue weighted by Crippen LogP contribution is 2.06. The lowest BCUT2D eigenvalue weighted by atomic mass is 10.2. The number of ether oxygens (including phenoxy) is 1. The van der Waals surface area contributed by atoms with Crippen LogP contribution in [-0.4, -0.2) is 19.5 Å². The molecule has 0 spiro atoms. The van der Waals surface area contributed by atoms with Gasteiger partial charge < -0.3 is 4.74 Å². The van der Waals surface area contributed by atoms with Gasteiger partial charge in [-0.25, -0.2) is 0 Å². The summed E-state index contributed by atoms with van der Waals surface area (Å²) in [6.07, 6.45) is 1.44. The van der Waals surface area contributed by atoms with E-state index in [1.807, 2.05) is 0 Å². The third-order valence-corrected chi connectivity index (χ3v) is 0.989. The Morgan fingerprint density at radius 3 is 1.58 bits per heavy atom. The Kier molecular flexibility index (Phi) is 5.15. The number of carbonyl (C=O) groups excluding carboxylic acids is 2. The van der Waals surface area contributed by atoms with Crippen LogP contribution in [-0.2, 0) is 14.3 Å². The summed E-state index contributed by atoms with van der Waals surface area (Å²) < 4.78 is 33.2. The Labute approximate surface area is 67.1 Å². The summed E-state index contributed by atoms with van der Waals surface area (Å²) in [4.78, 5) is 20.5. The Morgan fingerprint density at radius 1 is 1.08 bits per heavy atom. The van der Waals surface area contributed by atoms with Gasteiger partial charge in [0.1, 0.15) is 0 Å². The normalized spacial score (nSPS) is 15.9. The van der Waals surface area contributed by atoms with Crippen LogP contribution in [0, 0.1) is 0 Å². The minimum atomic E-state index is -3.67. The number of halogens is 3. The number of hydrogen-bond donors (Lipinski definition) is 0. The van der Waals surface area contributed by atoms with Crippen molar-refractivity contribution in [2.75, 3.05) is 0 Å². The van der Waals surface area contributed by atoms with E-state index in [4.69, 9.17) is 0 Å². The largest absolute Gasteiger partial charge is 0.762 e. The first-order valence-corrected chi connectivity index (χ1v) is 3.18. The molecule has 1 aliphatic heterocycles. The first-order chi connectivity index (χ1) is 5.52. The van der Waals surface area contributed by atoms with Crippen LogP contribution in [0.5, 0.6) is 0 Å². The van der Waals surface area contributed by atoms with E-state index in [0.717, 1.165) is 0 Å². The molecule has 12 heavy (non-hydrogen) atoms. The van der Waals surface area contributed by atoms with Crippen molar-refractivity contribution in [1.29, 1.82) is 0 Å². The first-order valence-electron chi connectivity index (χ1n) is 3.18. The van der Waals surface area contributed by atoms with Gasteiger partial charge in [-0.2, -0.15) is 0 Å². The Balaban J connectivity index is 0.000000261. The van der Waals surface area contributed by atoms with E-state index >= 15 is 0 Å². The van der Waals surface area contributed by atoms with E-state index in [-0.39, 0.29) is 11.9 Å². The molecule has 1 rings (SSSR count). The summed E-state index contributed by atoms with van der Waals surface area (Å²) in [6.45, 7) is 0. The molecule has 0 bridgehead atoms. The number of rotatable bonds is 0. The highest BCUT2D eigenvalue weighted by Gasteiger charge is 2.15. The lowest BCUT2D eigenvalue weighted by molar-refractivity contribution is -0.163. The Morgan fingerprint density at radius 2 is 1.42 bits per heavy atom. The van der Waals surface area contributed by atoms with Crippen LogP contribution in [0.2, 0.25) is 0 Å². The molecule has 1 saturated heterocycles. The van der Waals surface area contributed by atoms with Gasteiger partial charge in [0.25, 0.3) is 0 Å². The molecule has 0 atom stereocenters. The summed E-state index contributed by atoms with van der Waals surface area (Å²) in [5.41, 5.74) is 0. The molecule has 0 amide bonds. The number of hydrogen-bond acceptors (Lipinski definition) is 3. The van der Waals surface area contributed by atoms with Crippen LogP contribution in [0.4, 0.5) is 12.9 Å². The fourth-order valence-electron chi connectivity index (χ4n) is 0.606. The second kappa shape index (κ2) is 5.62. The molecule has 3 nitrogen and oxygen atoms in total. The summed E-state index contributed by atoms with van der Waals surface area (Å²) in [5, 5.41) is 0. The average molecular weight is 182 g/mol. The fraction of sp³-hybridized carbons (Fsp3) is 0.600. The summed E-state index contributed by atoms with van der Waals surface area (Å²) in [7, 11) is -3.67. The minimum Gasteiger partial charge on any atom is -0.393 e. The molecule has 0 unspecified atom stereocenters. The van der Waals surface area contributed by atoms with Crippen molar-refractivity contribution in [3.05, 3.63) is 0 Å². The van der Waals surface area contributed by atoms with Gasteiger partial charge in [-0.3, -0.25) is 22.5 Å². The lowest BCUT2D eigenvalue weighted by Gasteiger charge is -2.06. The number of carbonyl (C=O) groups is 2. The molecule has 1 aliphatic rings. The van der Waals surface area contributed by atoms with Crippen LogP contribution < -0.4 is 0 Å². The molecule has 1 fully saturated rings. The van der Waals surface area contributed by atoms with Crippen molar-refractivity contribution < 1.29 is 27.3 Å². The summed E-state index contributed by atoms with van der Waals surface area (Å²) in [5.74, 6) is -0.775. The van der Waals surface area contributed by atoms with Crippen LogP contribution in [0.15, 0.2) is 0 Å². The van der Waals surface area contributed by atoms with Crippen LogP contribution >= 0.6 is 0 Å². The van der Waals surface area contributed by atoms with E-state index in [1.54, 1.807) is 0 Å². The second-order valence-corrected chi connectivity index (χ2v) is 1.95. The molecule has 0 aromatic heterocycles. The zero-order valence-corrected chi connectivity index (χ0v) is 6.06. The van der Waals surface area contributed by atoms with E-state index in [0.29, 0.717) is 19.3 Å². The maximum absolute atomic E-state index is 10.2. The minimum absolute atomic E-state index is 0.388. The predicted octanol–water partition coefficient (Wildman–Crippen LogP) is 1.12. The first kappa shape index (κ1) is 11.0. The van der Waals surface area contributed by atoms with Crippen molar-refractivity contribution in [2.45, 2.75) is 19.3 Å². The van der Waals surface area contributed by atoms with Gasteiger partial charge in [-0.1, -0.05) is 0 Å². The average Bonchev–Trinajstić information content (AvgIpc) is 1.84. The second-order valence-electron chi connectivity index (χ2n) is 1.95. The standard InChI is InChI=1S/C5H6O3.BF3/c6-4-2-1-3-5(7)8-4;2-1(3)4/h1-3H2;. The molecule has 0 radical (unpaired) electrons. The molecule has 68 valence electrons. The quantitative estimate of drug-likeness (QED) is 0.320. The van der Waals surface area contributed by atoms with Crippen molar-refractivity contribution in [1.82, 2.24) is 0 Å². The monoisotopic (exact) mass is 182 g/mol. The molecule has 7 heteroatoms. The zero-order chi connectivity index (χ0) is 9.56. The molecule has 0 aromatic rings. The predicted molar refractivity (Wildman–Crippen MR) is 34.0 cm³/mol. The Hall–Kier alpha value is -1.01. The SMILES string of the molecule is FB(F)F.O=C1CCCC(=O)O1. The van der Waals surface area contributed by atoms with Gasteiger partial charge in [-0.15, -0.1) is 0 Å². The van der Waals surface area contributed by atoms with Crippen molar-refractivity contribution in [3.8, 4) is 0 Å². The molecule has 1 heterocycles. The topological polar surface area (TPSA) is 43.4 Å². The van der Waals surface area contributed by atoms with Crippen LogP contribution in [0.1, 0.15) is 19.3 Å². The highest BCUT2D eigenvalue weighted by molar-refractivity contribution is 6.33. The van der Waals surface area contributed by atoms with Crippen LogP contribution in [0.25, 0.3) is 0 Å². The van der Waals surface area contributed by atoms with Gasteiger partial charge in [0.2, 0.25) is 0 Å². The fourth-order valence-corrected chi connectivity index (χ4v) is 0.606. The van der Waals surface area contributed by atoms with Gasteiger partial charge in [0, 0.05) is 12.8 Å². The van der Waals surface area contributed by atoms with Crippen molar-refractivity contribution >= 4 is 19.5 Å². The van der Waals surface area contributed by atoms with E-state index in [2.05, 4.69) is 4.74 Å². The van der Waals surface area contributed by atoms with Gasteiger partial charge >= 0.3 is 19.5 Å². The van der Waals surface area contributed by atoms with Gasteiger partial charge in [0.15, 0.2) is 0 Å². The highest BCUT2D eigenvalue weighted by atomic mass is 19.4. The number of cyclic esters (lactones) is 2. The maximum Gasteiger partial charge on any atom is 0.762 e. The summed E-state index contributed by atoms with van der Waals surface area (Å²) >= 11 is 0. The molecule has 0 aromatic carbocycles. The van der Waals surface area contributed by atoms with Crippen molar-refractivity contribution in [2.24, 2.45) is 0 Å². The molecular weight excluding hydrogens is 176 g/mol. The lowest BCUT2D eigenvalue weighted by Crippen LogP contribution is -2.17. The van der Waals surface area contributed by atoms with Gasteiger partial charge in [0.05, 0.1) is 0 Å². The smallest absolute Gasteiger partial charge is 0.393 e. The van der Waals surface area contributed by atoms with E-state index < -0.39 is 7.54 Å². The van der Waals surface area contributed by atoms with E-state index in [9.17, 15) is 22.5 Å². The maximum atomic E-state index is 10.2. The number of esters is 2. The third-order valence-electron chi connectivity index (χ3n) is 0.989. The summed E-state index contributed by atoms with van der Waals surface area (Å²) in [6, 6.07) is 0.